The maximum atomic E-state index is 12.1. The van der Waals surface area contributed by atoms with Crippen LogP contribution in [0, 0.1) is 0 Å². The zero-order chi connectivity index (χ0) is 18.1. The Balaban J connectivity index is 1.75. The lowest BCUT2D eigenvalue weighted by atomic mass is 10.2. The second-order valence-electron chi connectivity index (χ2n) is 5.39. The van der Waals surface area contributed by atoms with E-state index in [0.717, 1.165) is 16.9 Å². The molecule has 0 atom stereocenters. The molecule has 2 aromatic carbocycles. The summed E-state index contributed by atoms with van der Waals surface area (Å²) in [6.07, 6.45) is -2.64. The molecule has 25 heavy (non-hydrogen) atoms. The molecule has 0 saturated heterocycles. The summed E-state index contributed by atoms with van der Waals surface area (Å²) in [5, 5.41) is 3.28. The number of ether oxygens (including phenoxy) is 2. The number of rotatable bonds is 9. The standard InChI is InChI=1S/C19H20F3NO2/c1-2-11-24-17-7-3-15(4-8-17)12-23-13-16-5-9-18(10-6-16)25-14-19(20,21)22/h2-10,23H,1,11-14H2. The molecule has 0 aliphatic heterocycles. The zero-order valence-corrected chi connectivity index (χ0v) is 13.7. The fraction of sp³-hybridized carbons (Fsp3) is 0.263. The summed E-state index contributed by atoms with van der Waals surface area (Å²) in [7, 11) is 0. The number of halogens is 3. The van der Waals surface area contributed by atoms with E-state index < -0.39 is 12.8 Å². The van der Waals surface area contributed by atoms with Crippen LogP contribution < -0.4 is 14.8 Å². The largest absolute Gasteiger partial charge is 0.490 e. The van der Waals surface area contributed by atoms with Crippen LogP contribution in [0.3, 0.4) is 0 Å². The number of hydrogen-bond acceptors (Lipinski definition) is 3. The van der Waals surface area contributed by atoms with Gasteiger partial charge in [0.05, 0.1) is 0 Å². The lowest BCUT2D eigenvalue weighted by Gasteiger charge is -2.10. The number of alkyl halides is 3. The predicted octanol–water partition coefficient (Wildman–Crippen LogP) is 4.48. The lowest BCUT2D eigenvalue weighted by Crippen LogP contribution is -2.19. The van der Waals surface area contributed by atoms with E-state index in [1.807, 2.05) is 24.3 Å². The molecule has 3 nitrogen and oxygen atoms in total. The third-order valence-electron chi connectivity index (χ3n) is 3.28. The van der Waals surface area contributed by atoms with Crippen LogP contribution in [0.1, 0.15) is 11.1 Å². The molecular weight excluding hydrogens is 331 g/mol. The van der Waals surface area contributed by atoms with E-state index in [-0.39, 0.29) is 5.75 Å². The van der Waals surface area contributed by atoms with Gasteiger partial charge >= 0.3 is 6.18 Å². The van der Waals surface area contributed by atoms with Crippen LogP contribution in [0.4, 0.5) is 13.2 Å². The zero-order valence-electron chi connectivity index (χ0n) is 13.7. The number of nitrogens with one attached hydrogen (secondary N) is 1. The summed E-state index contributed by atoms with van der Waals surface area (Å²) < 4.78 is 46.4. The molecule has 1 N–H and O–H groups in total. The molecule has 6 heteroatoms. The van der Waals surface area contributed by atoms with Crippen LogP contribution in [0.25, 0.3) is 0 Å². The SMILES string of the molecule is C=CCOc1ccc(CNCc2ccc(OCC(F)(F)F)cc2)cc1. The van der Waals surface area contributed by atoms with E-state index in [2.05, 4.69) is 16.6 Å². The van der Waals surface area contributed by atoms with Gasteiger partial charge in [-0.25, -0.2) is 0 Å². The molecular formula is C19H20F3NO2. The van der Waals surface area contributed by atoms with Gasteiger partial charge in [-0.2, -0.15) is 13.2 Å². The van der Waals surface area contributed by atoms with Gasteiger partial charge in [-0.1, -0.05) is 36.9 Å². The molecule has 134 valence electrons. The van der Waals surface area contributed by atoms with Crippen molar-refractivity contribution in [2.45, 2.75) is 19.3 Å². The topological polar surface area (TPSA) is 30.5 Å². The van der Waals surface area contributed by atoms with Crippen molar-refractivity contribution in [3.63, 3.8) is 0 Å². The maximum Gasteiger partial charge on any atom is 0.422 e. The van der Waals surface area contributed by atoms with Crippen molar-refractivity contribution in [1.29, 1.82) is 0 Å². The van der Waals surface area contributed by atoms with Crippen LogP contribution in [-0.4, -0.2) is 19.4 Å². The van der Waals surface area contributed by atoms with Gasteiger partial charge in [0.25, 0.3) is 0 Å². The van der Waals surface area contributed by atoms with Gasteiger partial charge in [-0.05, 0) is 35.4 Å². The van der Waals surface area contributed by atoms with Gasteiger partial charge in [0, 0.05) is 13.1 Å². The summed E-state index contributed by atoms with van der Waals surface area (Å²) in [5.74, 6) is 0.995. The van der Waals surface area contributed by atoms with Crippen molar-refractivity contribution in [2.75, 3.05) is 13.2 Å². The lowest BCUT2D eigenvalue weighted by molar-refractivity contribution is -0.153. The van der Waals surface area contributed by atoms with Gasteiger partial charge in [-0.3, -0.25) is 0 Å². The molecule has 0 amide bonds. The Labute approximate surface area is 145 Å². The Hall–Kier alpha value is -2.47. The van der Waals surface area contributed by atoms with E-state index in [4.69, 9.17) is 4.74 Å². The molecule has 2 aromatic rings. The molecule has 0 aliphatic carbocycles. The summed E-state index contributed by atoms with van der Waals surface area (Å²) in [6.45, 7) is 4.07. The van der Waals surface area contributed by atoms with Crippen LogP contribution >= 0.6 is 0 Å². The average Bonchev–Trinajstić information content (AvgIpc) is 2.60. The monoisotopic (exact) mass is 351 g/mol. The van der Waals surface area contributed by atoms with Gasteiger partial charge in [0.2, 0.25) is 0 Å². The van der Waals surface area contributed by atoms with Crippen molar-refractivity contribution >= 4 is 0 Å². The Morgan fingerprint density at radius 3 is 1.76 bits per heavy atom. The summed E-state index contributed by atoms with van der Waals surface area (Å²) in [4.78, 5) is 0. The highest BCUT2D eigenvalue weighted by Crippen LogP contribution is 2.19. The second kappa shape index (κ2) is 9.13. The molecule has 0 unspecified atom stereocenters. The molecule has 0 radical (unpaired) electrons. The molecule has 0 saturated carbocycles. The second-order valence-corrected chi connectivity index (χ2v) is 5.39. The van der Waals surface area contributed by atoms with Crippen LogP contribution in [0.15, 0.2) is 61.2 Å². The smallest absolute Gasteiger partial charge is 0.422 e. The van der Waals surface area contributed by atoms with E-state index in [1.165, 1.54) is 12.1 Å². The highest BCUT2D eigenvalue weighted by atomic mass is 19.4. The third kappa shape index (κ3) is 7.30. The summed E-state index contributed by atoms with van der Waals surface area (Å²) in [5.41, 5.74) is 2.07. The minimum Gasteiger partial charge on any atom is -0.490 e. The Morgan fingerprint density at radius 2 is 1.32 bits per heavy atom. The Bertz CT molecular complexity index is 652. The van der Waals surface area contributed by atoms with E-state index >= 15 is 0 Å². The van der Waals surface area contributed by atoms with Crippen LogP contribution in [0.2, 0.25) is 0 Å². The first-order valence-corrected chi connectivity index (χ1v) is 7.78. The van der Waals surface area contributed by atoms with Gasteiger partial charge in [0.1, 0.15) is 18.1 Å². The van der Waals surface area contributed by atoms with Gasteiger partial charge < -0.3 is 14.8 Å². The van der Waals surface area contributed by atoms with Crippen molar-refractivity contribution in [3.05, 3.63) is 72.3 Å². The number of benzene rings is 2. The third-order valence-corrected chi connectivity index (χ3v) is 3.28. The number of hydrogen-bond donors (Lipinski definition) is 1. The van der Waals surface area contributed by atoms with Crippen LogP contribution in [0.5, 0.6) is 11.5 Å². The van der Waals surface area contributed by atoms with Crippen LogP contribution in [-0.2, 0) is 13.1 Å². The molecule has 0 bridgehead atoms. The quantitative estimate of drug-likeness (QED) is 0.676. The minimum absolute atomic E-state index is 0.205. The predicted molar refractivity (Wildman–Crippen MR) is 90.7 cm³/mol. The highest BCUT2D eigenvalue weighted by molar-refractivity contribution is 5.28. The fourth-order valence-corrected chi connectivity index (χ4v) is 2.08. The minimum atomic E-state index is -4.33. The van der Waals surface area contributed by atoms with Crippen molar-refractivity contribution in [1.82, 2.24) is 5.32 Å². The molecule has 0 spiro atoms. The van der Waals surface area contributed by atoms with Crippen molar-refractivity contribution in [3.8, 4) is 11.5 Å². The summed E-state index contributed by atoms with van der Waals surface area (Å²) >= 11 is 0. The van der Waals surface area contributed by atoms with Gasteiger partial charge in [-0.15, -0.1) is 0 Å². The van der Waals surface area contributed by atoms with E-state index in [9.17, 15) is 13.2 Å². The van der Waals surface area contributed by atoms with E-state index in [0.29, 0.717) is 19.7 Å². The maximum absolute atomic E-state index is 12.1. The first-order chi connectivity index (χ1) is 12.0. The first-order valence-electron chi connectivity index (χ1n) is 7.78. The van der Waals surface area contributed by atoms with Crippen molar-refractivity contribution < 1.29 is 22.6 Å². The molecule has 0 heterocycles. The average molecular weight is 351 g/mol. The normalized spacial score (nSPS) is 11.2. The molecule has 0 aromatic heterocycles. The van der Waals surface area contributed by atoms with Crippen molar-refractivity contribution in [2.24, 2.45) is 0 Å². The molecule has 0 aliphatic rings. The Morgan fingerprint density at radius 1 is 0.840 bits per heavy atom. The van der Waals surface area contributed by atoms with Gasteiger partial charge in [0.15, 0.2) is 6.61 Å². The Kier molecular flexibility index (Phi) is 6.89. The highest BCUT2D eigenvalue weighted by Gasteiger charge is 2.28. The molecule has 0 fully saturated rings. The van der Waals surface area contributed by atoms with E-state index in [1.54, 1.807) is 18.2 Å². The summed E-state index contributed by atoms with van der Waals surface area (Å²) in [6, 6.07) is 14.3. The first kappa shape index (κ1) is 18.9. The molecule has 2 rings (SSSR count). The fourth-order valence-electron chi connectivity index (χ4n) is 2.08.